The summed E-state index contributed by atoms with van der Waals surface area (Å²) in [6, 6.07) is 8.22. The molecular formula is C13H16N4S. The monoisotopic (exact) mass is 260 g/mol. The van der Waals surface area contributed by atoms with Gasteiger partial charge in [-0.15, -0.1) is 0 Å². The Morgan fingerprint density at radius 2 is 2.28 bits per heavy atom. The van der Waals surface area contributed by atoms with Crippen molar-refractivity contribution >= 4 is 22.4 Å². The molecule has 5 heteroatoms. The summed E-state index contributed by atoms with van der Waals surface area (Å²) >= 11 is 1.47. The van der Waals surface area contributed by atoms with E-state index >= 15 is 0 Å². The number of benzene rings is 1. The van der Waals surface area contributed by atoms with Gasteiger partial charge in [0.1, 0.15) is 5.82 Å². The summed E-state index contributed by atoms with van der Waals surface area (Å²) in [5.74, 6) is 1.62. The smallest absolute Gasteiger partial charge is 0.209 e. The highest BCUT2D eigenvalue weighted by Crippen LogP contribution is 2.40. The van der Waals surface area contributed by atoms with Crippen LogP contribution >= 0.6 is 11.5 Å². The Bertz CT molecular complexity index is 547. The Labute approximate surface area is 111 Å². The van der Waals surface area contributed by atoms with Crippen LogP contribution in [0.15, 0.2) is 24.3 Å². The van der Waals surface area contributed by atoms with Gasteiger partial charge in [0, 0.05) is 36.7 Å². The van der Waals surface area contributed by atoms with Crippen molar-refractivity contribution in [1.29, 1.82) is 0 Å². The Balaban J connectivity index is 1.84. The second kappa shape index (κ2) is 4.66. The van der Waals surface area contributed by atoms with Crippen molar-refractivity contribution in [1.82, 2.24) is 9.36 Å². The first-order chi connectivity index (χ1) is 8.78. The first-order valence-electron chi connectivity index (χ1n) is 6.14. The normalized spacial score (nSPS) is 14.8. The molecule has 1 aromatic heterocycles. The predicted molar refractivity (Wildman–Crippen MR) is 74.3 cm³/mol. The molecule has 4 nitrogen and oxygen atoms in total. The van der Waals surface area contributed by atoms with Crippen molar-refractivity contribution in [3.8, 4) is 0 Å². The predicted octanol–water partition coefficient (Wildman–Crippen LogP) is 2.64. The van der Waals surface area contributed by atoms with E-state index in [9.17, 15) is 0 Å². The van der Waals surface area contributed by atoms with Crippen molar-refractivity contribution in [3.05, 3.63) is 35.7 Å². The molecule has 1 aromatic carbocycles. The molecule has 18 heavy (non-hydrogen) atoms. The average molecular weight is 260 g/mol. The van der Waals surface area contributed by atoms with Crippen LogP contribution in [0.25, 0.3) is 0 Å². The molecule has 0 radical (unpaired) electrons. The van der Waals surface area contributed by atoms with Gasteiger partial charge < -0.3 is 10.6 Å². The largest absolute Gasteiger partial charge is 0.326 e. The minimum atomic E-state index is 0.561. The van der Waals surface area contributed by atoms with E-state index in [-0.39, 0.29) is 0 Å². The van der Waals surface area contributed by atoms with Crippen LogP contribution in [0.4, 0.5) is 10.8 Å². The average Bonchev–Trinajstić information content (AvgIpc) is 3.16. The summed E-state index contributed by atoms with van der Waals surface area (Å²) in [5.41, 5.74) is 7.90. The molecule has 0 atom stereocenters. The number of aromatic nitrogens is 2. The van der Waals surface area contributed by atoms with Crippen LogP contribution in [0.2, 0.25) is 0 Å². The molecule has 1 aliphatic carbocycles. The fourth-order valence-electron chi connectivity index (χ4n) is 1.87. The highest BCUT2D eigenvalue weighted by molar-refractivity contribution is 7.09. The van der Waals surface area contributed by atoms with Gasteiger partial charge in [0.05, 0.1) is 0 Å². The SMILES string of the molecule is CN(c1cccc(CN)c1)c1nc(C2CC2)ns1. The Morgan fingerprint density at radius 3 is 3.00 bits per heavy atom. The molecule has 0 spiro atoms. The quantitative estimate of drug-likeness (QED) is 0.918. The van der Waals surface area contributed by atoms with E-state index in [2.05, 4.69) is 26.4 Å². The molecule has 3 rings (SSSR count). The number of nitrogens with two attached hydrogens (primary N) is 1. The molecular weight excluding hydrogens is 244 g/mol. The fourth-order valence-corrected chi connectivity index (χ4v) is 2.60. The number of rotatable bonds is 4. The third-order valence-corrected chi connectivity index (χ3v) is 4.00. The van der Waals surface area contributed by atoms with Crippen LogP contribution in [0.5, 0.6) is 0 Å². The standard InChI is InChI=1S/C13H16N4S/c1-17(11-4-2-3-9(7-11)8-14)13-15-12(16-18-13)10-5-6-10/h2-4,7,10H,5-6,8,14H2,1H3. The van der Waals surface area contributed by atoms with Gasteiger partial charge in [0.25, 0.3) is 0 Å². The maximum absolute atomic E-state index is 5.67. The van der Waals surface area contributed by atoms with E-state index < -0.39 is 0 Å². The van der Waals surface area contributed by atoms with Gasteiger partial charge >= 0.3 is 0 Å². The number of nitrogens with zero attached hydrogens (tertiary/aromatic N) is 3. The van der Waals surface area contributed by atoms with E-state index in [1.54, 1.807) is 0 Å². The van der Waals surface area contributed by atoms with Crippen LogP contribution in [-0.4, -0.2) is 16.4 Å². The van der Waals surface area contributed by atoms with E-state index in [0.717, 1.165) is 22.2 Å². The van der Waals surface area contributed by atoms with Gasteiger partial charge in [-0.2, -0.15) is 4.37 Å². The lowest BCUT2D eigenvalue weighted by molar-refractivity contribution is 0.975. The minimum absolute atomic E-state index is 0.561. The molecule has 1 heterocycles. The summed E-state index contributed by atoms with van der Waals surface area (Å²) in [6.07, 6.45) is 2.48. The molecule has 1 fully saturated rings. The summed E-state index contributed by atoms with van der Waals surface area (Å²) in [4.78, 5) is 6.68. The summed E-state index contributed by atoms with van der Waals surface area (Å²) in [5, 5.41) is 0.950. The Kier molecular flexibility index (Phi) is 3.01. The van der Waals surface area contributed by atoms with E-state index in [1.807, 2.05) is 19.2 Å². The number of hydrogen-bond acceptors (Lipinski definition) is 5. The second-order valence-electron chi connectivity index (χ2n) is 4.64. The van der Waals surface area contributed by atoms with Crippen LogP contribution < -0.4 is 10.6 Å². The zero-order valence-electron chi connectivity index (χ0n) is 10.3. The van der Waals surface area contributed by atoms with Crippen molar-refractivity contribution in [2.24, 2.45) is 5.73 Å². The molecule has 0 unspecified atom stereocenters. The fraction of sp³-hybridized carbons (Fsp3) is 0.385. The molecule has 0 aliphatic heterocycles. The van der Waals surface area contributed by atoms with Crippen molar-refractivity contribution < 1.29 is 0 Å². The van der Waals surface area contributed by atoms with Crippen LogP contribution in [0, 0.1) is 0 Å². The molecule has 1 aliphatic rings. The van der Waals surface area contributed by atoms with Gasteiger partial charge in [0.2, 0.25) is 5.13 Å². The first kappa shape index (κ1) is 11.6. The molecule has 2 aromatic rings. The van der Waals surface area contributed by atoms with Crippen LogP contribution in [0.3, 0.4) is 0 Å². The van der Waals surface area contributed by atoms with Gasteiger partial charge in [0.15, 0.2) is 0 Å². The maximum atomic E-state index is 5.67. The van der Waals surface area contributed by atoms with Crippen molar-refractivity contribution in [3.63, 3.8) is 0 Å². The van der Waals surface area contributed by atoms with Crippen LogP contribution in [-0.2, 0) is 6.54 Å². The summed E-state index contributed by atoms with van der Waals surface area (Å²) in [7, 11) is 2.02. The lowest BCUT2D eigenvalue weighted by atomic mass is 10.2. The lowest BCUT2D eigenvalue weighted by Crippen LogP contribution is -2.10. The zero-order chi connectivity index (χ0) is 12.5. The molecule has 1 saturated carbocycles. The minimum Gasteiger partial charge on any atom is -0.326 e. The topological polar surface area (TPSA) is 55.0 Å². The highest BCUT2D eigenvalue weighted by Gasteiger charge is 2.28. The number of hydrogen-bond donors (Lipinski definition) is 1. The van der Waals surface area contributed by atoms with E-state index in [1.165, 1.54) is 24.4 Å². The molecule has 94 valence electrons. The Hall–Kier alpha value is -1.46. The van der Waals surface area contributed by atoms with Gasteiger partial charge in [-0.05, 0) is 30.5 Å². The Morgan fingerprint density at radius 1 is 1.44 bits per heavy atom. The third kappa shape index (κ3) is 2.23. The lowest BCUT2D eigenvalue weighted by Gasteiger charge is -2.15. The molecule has 0 amide bonds. The highest BCUT2D eigenvalue weighted by atomic mass is 32.1. The third-order valence-electron chi connectivity index (χ3n) is 3.19. The van der Waals surface area contributed by atoms with Gasteiger partial charge in [-0.25, -0.2) is 4.98 Å². The molecule has 2 N–H and O–H groups in total. The maximum Gasteiger partial charge on any atom is 0.209 e. The van der Waals surface area contributed by atoms with E-state index in [0.29, 0.717) is 12.5 Å². The van der Waals surface area contributed by atoms with Crippen LogP contribution in [0.1, 0.15) is 30.1 Å². The summed E-state index contributed by atoms with van der Waals surface area (Å²) < 4.78 is 4.43. The van der Waals surface area contributed by atoms with Crippen molar-refractivity contribution in [2.45, 2.75) is 25.3 Å². The van der Waals surface area contributed by atoms with Gasteiger partial charge in [-0.3, -0.25) is 0 Å². The van der Waals surface area contributed by atoms with E-state index in [4.69, 9.17) is 5.73 Å². The molecule has 0 bridgehead atoms. The van der Waals surface area contributed by atoms with Crippen molar-refractivity contribution in [2.75, 3.05) is 11.9 Å². The summed E-state index contributed by atoms with van der Waals surface area (Å²) in [6.45, 7) is 0.561. The first-order valence-corrected chi connectivity index (χ1v) is 6.91. The van der Waals surface area contributed by atoms with Gasteiger partial charge in [-0.1, -0.05) is 12.1 Å². The zero-order valence-corrected chi connectivity index (χ0v) is 11.2. The number of anilines is 2. The molecule has 0 saturated heterocycles. The second-order valence-corrected chi connectivity index (χ2v) is 5.37.